The molecule has 0 bridgehead atoms. The minimum absolute atomic E-state index is 0.157. The minimum atomic E-state index is -0.383. The highest BCUT2D eigenvalue weighted by Crippen LogP contribution is 2.24. The van der Waals surface area contributed by atoms with Crippen molar-refractivity contribution in [2.75, 3.05) is 11.1 Å². The molecule has 2 heterocycles. The van der Waals surface area contributed by atoms with Crippen LogP contribution in [-0.2, 0) is 11.3 Å². The highest BCUT2D eigenvalue weighted by Gasteiger charge is 2.15. The van der Waals surface area contributed by atoms with Gasteiger partial charge in [-0.25, -0.2) is 4.39 Å². The van der Waals surface area contributed by atoms with Crippen LogP contribution < -0.4 is 5.32 Å². The third kappa shape index (κ3) is 4.08. The summed E-state index contributed by atoms with van der Waals surface area (Å²) in [6.07, 6.45) is 3.40. The van der Waals surface area contributed by atoms with Crippen molar-refractivity contribution in [2.45, 2.75) is 25.5 Å². The molecule has 0 saturated carbocycles. The molecular formula is C18H18FN5OS. The van der Waals surface area contributed by atoms with Crippen molar-refractivity contribution in [3.05, 3.63) is 54.1 Å². The van der Waals surface area contributed by atoms with Crippen LogP contribution in [0.1, 0.15) is 12.5 Å². The molecule has 3 rings (SSSR count). The van der Waals surface area contributed by atoms with Crippen molar-refractivity contribution in [3.8, 4) is 11.4 Å². The number of rotatable bonds is 6. The first-order valence-electron chi connectivity index (χ1n) is 8.11. The van der Waals surface area contributed by atoms with Crippen LogP contribution in [0.25, 0.3) is 11.4 Å². The molecule has 0 aliphatic carbocycles. The number of carbonyl (C=O) groups is 1. The fourth-order valence-electron chi connectivity index (χ4n) is 2.44. The van der Waals surface area contributed by atoms with Gasteiger partial charge < -0.3 is 9.88 Å². The second-order valence-electron chi connectivity index (χ2n) is 5.58. The molecule has 1 aromatic carbocycles. The van der Waals surface area contributed by atoms with Crippen LogP contribution in [-0.4, -0.2) is 31.4 Å². The number of nitrogens with one attached hydrogen (secondary N) is 1. The maximum Gasteiger partial charge on any atom is 0.234 e. The molecule has 0 saturated heterocycles. The Morgan fingerprint density at radius 3 is 2.73 bits per heavy atom. The number of carbonyl (C=O) groups excluding carboxylic acids is 1. The molecule has 134 valence electrons. The predicted molar refractivity (Wildman–Crippen MR) is 99.4 cm³/mol. The summed E-state index contributed by atoms with van der Waals surface area (Å²) < 4.78 is 15.3. The van der Waals surface area contributed by atoms with Gasteiger partial charge in [-0.1, -0.05) is 17.8 Å². The van der Waals surface area contributed by atoms with E-state index in [-0.39, 0.29) is 17.5 Å². The molecule has 0 atom stereocenters. The highest BCUT2D eigenvalue weighted by molar-refractivity contribution is 7.99. The lowest BCUT2D eigenvalue weighted by molar-refractivity contribution is -0.113. The van der Waals surface area contributed by atoms with Crippen molar-refractivity contribution in [2.24, 2.45) is 0 Å². The first-order valence-corrected chi connectivity index (χ1v) is 9.09. The Bertz CT molecular complexity index is 913. The molecule has 0 unspecified atom stereocenters. The SMILES string of the molecule is CCn1c(SCC(=O)Nc2cc(F)ccc2C)nnc1-c1ccncc1. The molecule has 0 fully saturated rings. The Labute approximate surface area is 154 Å². The summed E-state index contributed by atoms with van der Waals surface area (Å²) in [5.41, 5.74) is 2.20. The second kappa shape index (κ2) is 8.09. The van der Waals surface area contributed by atoms with Gasteiger partial charge in [-0.05, 0) is 43.7 Å². The van der Waals surface area contributed by atoms with Gasteiger partial charge in [0.25, 0.3) is 0 Å². The molecule has 2 aromatic heterocycles. The number of aryl methyl sites for hydroxylation is 1. The Balaban J connectivity index is 1.69. The van der Waals surface area contributed by atoms with Gasteiger partial charge in [0, 0.05) is 30.2 Å². The van der Waals surface area contributed by atoms with Gasteiger partial charge in [0.15, 0.2) is 11.0 Å². The first-order chi connectivity index (χ1) is 12.6. The number of amides is 1. The van der Waals surface area contributed by atoms with E-state index in [1.54, 1.807) is 18.5 Å². The molecule has 8 heteroatoms. The third-order valence-corrected chi connectivity index (χ3v) is 4.74. The molecule has 1 amide bonds. The van der Waals surface area contributed by atoms with Gasteiger partial charge in [0.05, 0.1) is 5.75 Å². The molecule has 0 aliphatic rings. The summed E-state index contributed by atoms with van der Waals surface area (Å²) in [6.45, 7) is 4.49. The molecule has 3 aromatic rings. The third-order valence-electron chi connectivity index (χ3n) is 3.78. The van der Waals surface area contributed by atoms with E-state index >= 15 is 0 Å². The lowest BCUT2D eigenvalue weighted by Gasteiger charge is -2.09. The van der Waals surface area contributed by atoms with E-state index in [2.05, 4.69) is 20.5 Å². The van der Waals surface area contributed by atoms with Gasteiger partial charge in [-0.15, -0.1) is 10.2 Å². The van der Waals surface area contributed by atoms with Crippen LogP contribution in [0.15, 0.2) is 47.9 Å². The zero-order valence-electron chi connectivity index (χ0n) is 14.4. The number of anilines is 1. The van der Waals surface area contributed by atoms with Crippen molar-refractivity contribution in [1.29, 1.82) is 0 Å². The predicted octanol–water partition coefficient (Wildman–Crippen LogP) is 3.54. The topological polar surface area (TPSA) is 72.7 Å². The Kier molecular flexibility index (Phi) is 5.62. The van der Waals surface area contributed by atoms with Gasteiger partial charge in [-0.3, -0.25) is 9.78 Å². The number of benzene rings is 1. The van der Waals surface area contributed by atoms with Gasteiger partial charge in [0.1, 0.15) is 5.82 Å². The number of thioether (sulfide) groups is 1. The average Bonchev–Trinajstić information content (AvgIpc) is 3.06. The van der Waals surface area contributed by atoms with E-state index in [9.17, 15) is 9.18 Å². The molecule has 0 radical (unpaired) electrons. The summed E-state index contributed by atoms with van der Waals surface area (Å²) in [4.78, 5) is 16.2. The monoisotopic (exact) mass is 371 g/mol. The van der Waals surface area contributed by atoms with Gasteiger partial charge in [0.2, 0.25) is 5.91 Å². The molecule has 0 aliphatic heterocycles. The Hall–Kier alpha value is -2.74. The van der Waals surface area contributed by atoms with Crippen LogP contribution >= 0.6 is 11.8 Å². The lowest BCUT2D eigenvalue weighted by Crippen LogP contribution is -2.15. The highest BCUT2D eigenvalue weighted by atomic mass is 32.2. The van der Waals surface area contributed by atoms with Gasteiger partial charge >= 0.3 is 0 Å². The smallest absolute Gasteiger partial charge is 0.234 e. The van der Waals surface area contributed by atoms with Crippen LogP contribution in [0.5, 0.6) is 0 Å². The van der Waals surface area contributed by atoms with E-state index in [0.717, 1.165) is 17.0 Å². The summed E-state index contributed by atoms with van der Waals surface area (Å²) in [6, 6.07) is 8.04. The zero-order chi connectivity index (χ0) is 18.5. The standard InChI is InChI=1S/C18H18FN5OS/c1-3-24-17(13-6-8-20-9-7-13)22-23-18(24)26-11-16(25)21-15-10-14(19)5-4-12(15)2/h4-10H,3,11H2,1-2H3,(H,21,25). The number of aromatic nitrogens is 4. The minimum Gasteiger partial charge on any atom is -0.325 e. The zero-order valence-corrected chi connectivity index (χ0v) is 15.3. The van der Waals surface area contributed by atoms with Crippen molar-refractivity contribution >= 4 is 23.4 Å². The number of hydrogen-bond acceptors (Lipinski definition) is 5. The maximum absolute atomic E-state index is 13.3. The van der Waals surface area contributed by atoms with Crippen molar-refractivity contribution in [1.82, 2.24) is 19.7 Å². The number of pyridine rings is 1. The fraction of sp³-hybridized carbons (Fsp3) is 0.222. The normalized spacial score (nSPS) is 10.7. The molecule has 0 spiro atoms. The molecular weight excluding hydrogens is 353 g/mol. The number of nitrogens with zero attached hydrogens (tertiary/aromatic N) is 4. The summed E-state index contributed by atoms with van der Waals surface area (Å²) in [7, 11) is 0. The first kappa shape index (κ1) is 18.1. The summed E-state index contributed by atoms with van der Waals surface area (Å²) >= 11 is 1.29. The summed E-state index contributed by atoms with van der Waals surface area (Å²) in [5, 5.41) is 11.8. The fourth-order valence-corrected chi connectivity index (χ4v) is 3.24. The quantitative estimate of drug-likeness (QED) is 0.671. The van der Waals surface area contributed by atoms with Gasteiger partial charge in [-0.2, -0.15) is 0 Å². The molecule has 26 heavy (non-hydrogen) atoms. The average molecular weight is 371 g/mol. The summed E-state index contributed by atoms with van der Waals surface area (Å²) in [5.74, 6) is 0.287. The van der Waals surface area contributed by atoms with Crippen LogP contribution in [0.2, 0.25) is 0 Å². The van der Waals surface area contributed by atoms with Crippen molar-refractivity contribution in [3.63, 3.8) is 0 Å². The lowest BCUT2D eigenvalue weighted by atomic mass is 10.2. The largest absolute Gasteiger partial charge is 0.325 e. The molecule has 6 nitrogen and oxygen atoms in total. The van der Waals surface area contributed by atoms with Crippen LogP contribution in [0.4, 0.5) is 10.1 Å². The Morgan fingerprint density at radius 2 is 2.00 bits per heavy atom. The molecule has 1 N–H and O–H groups in total. The second-order valence-corrected chi connectivity index (χ2v) is 6.52. The van der Waals surface area contributed by atoms with E-state index in [0.29, 0.717) is 17.4 Å². The van der Waals surface area contributed by atoms with E-state index < -0.39 is 0 Å². The van der Waals surface area contributed by atoms with Crippen LogP contribution in [0.3, 0.4) is 0 Å². The maximum atomic E-state index is 13.3. The number of hydrogen-bond donors (Lipinski definition) is 1. The van der Waals surface area contributed by atoms with E-state index in [4.69, 9.17) is 0 Å². The van der Waals surface area contributed by atoms with Crippen LogP contribution in [0, 0.1) is 12.7 Å². The van der Waals surface area contributed by atoms with E-state index in [1.165, 1.54) is 23.9 Å². The Morgan fingerprint density at radius 1 is 1.23 bits per heavy atom. The number of halogens is 1. The van der Waals surface area contributed by atoms with E-state index in [1.807, 2.05) is 30.5 Å². The van der Waals surface area contributed by atoms with Crippen molar-refractivity contribution < 1.29 is 9.18 Å².